The third-order valence-electron chi connectivity index (χ3n) is 4.69. The number of anilines is 1. The lowest BCUT2D eigenvalue weighted by Crippen LogP contribution is -2.35. The Balaban J connectivity index is 2.52. The van der Waals surface area contributed by atoms with Crippen molar-refractivity contribution in [2.24, 2.45) is 5.92 Å². The van der Waals surface area contributed by atoms with E-state index in [1.807, 2.05) is 0 Å². The van der Waals surface area contributed by atoms with Crippen LogP contribution in [-0.2, 0) is 12.8 Å². The van der Waals surface area contributed by atoms with E-state index in [2.05, 4.69) is 63.4 Å². The molecule has 0 aromatic heterocycles. The highest BCUT2D eigenvalue weighted by Gasteiger charge is 2.07. The molecule has 0 bridgehead atoms. The molecule has 0 spiro atoms. The van der Waals surface area contributed by atoms with Gasteiger partial charge in [-0.15, -0.1) is 0 Å². The minimum Gasteiger partial charge on any atom is -0.311 e. The number of nitrogens with zero attached hydrogens (tertiary/aromatic N) is 1. The molecule has 22 heavy (non-hydrogen) atoms. The fourth-order valence-electron chi connectivity index (χ4n) is 2.92. The number of hydrazine groups is 1. The number of nitrogens with one attached hydrogen (secondary N) is 1. The summed E-state index contributed by atoms with van der Waals surface area (Å²) in [5.41, 5.74) is 7.72. The van der Waals surface area contributed by atoms with Gasteiger partial charge in [0.25, 0.3) is 0 Å². The molecule has 0 amide bonds. The quantitative estimate of drug-likeness (QED) is 0.554. The van der Waals surface area contributed by atoms with Crippen LogP contribution in [0.2, 0.25) is 0 Å². The maximum absolute atomic E-state index is 3.58. The van der Waals surface area contributed by atoms with Crippen molar-refractivity contribution < 1.29 is 0 Å². The number of rotatable bonds is 11. The van der Waals surface area contributed by atoms with Crippen molar-refractivity contribution in [1.82, 2.24) is 5.43 Å². The van der Waals surface area contributed by atoms with E-state index in [1.165, 1.54) is 48.9 Å². The monoisotopic (exact) mass is 304 g/mol. The highest BCUT2D eigenvalue weighted by molar-refractivity contribution is 5.50. The predicted octanol–water partition coefficient (Wildman–Crippen LogP) is 5.36. The van der Waals surface area contributed by atoms with Crippen LogP contribution in [-0.4, -0.2) is 13.6 Å². The van der Waals surface area contributed by atoms with Crippen molar-refractivity contribution in [2.45, 2.75) is 72.6 Å². The summed E-state index contributed by atoms with van der Waals surface area (Å²) in [6.45, 7) is 10.1. The van der Waals surface area contributed by atoms with Crippen LogP contribution < -0.4 is 10.4 Å². The zero-order valence-electron chi connectivity index (χ0n) is 15.4. The van der Waals surface area contributed by atoms with Gasteiger partial charge in [0.2, 0.25) is 0 Å². The van der Waals surface area contributed by atoms with Gasteiger partial charge in [-0.1, -0.05) is 59.4 Å². The van der Waals surface area contributed by atoms with E-state index in [9.17, 15) is 0 Å². The second kappa shape index (κ2) is 10.7. The molecule has 0 saturated carbocycles. The summed E-state index contributed by atoms with van der Waals surface area (Å²) >= 11 is 0. The van der Waals surface area contributed by atoms with Crippen molar-refractivity contribution in [1.29, 1.82) is 0 Å². The molecule has 2 heteroatoms. The fraction of sp³-hybridized carbons (Fsp3) is 0.700. The van der Waals surface area contributed by atoms with E-state index in [0.29, 0.717) is 0 Å². The van der Waals surface area contributed by atoms with E-state index in [0.717, 1.165) is 25.3 Å². The number of hydrogen-bond acceptors (Lipinski definition) is 2. The van der Waals surface area contributed by atoms with Crippen molar-refractivity contribution in [3.63, 3.8) is 0 Å². The fourth-order valence-corrected chi connectivity index (χ4v) is 2.92. The second-order valence-electron chi connectivity index (χ2n) is 6.39. The molecule has 0 saturated heterocycles. The maximum atomic E-state index is 3.58. The predicted molar refractivity (Wildman–Crippen MR) is 99.5 cm³/mol. The minimum absolute atomic E-state index is 0.869. The lowest BCUT2D eigenvalue weighted by Gasteiger charge is -2.23. The van der Waals surface area contributed by atoms with Crippen LogP contribution in [0.4, 0.5) is 5.69 Å². The van der Waals surface area contributed by atoms with Crippen LogP contribution in [0, 0.1) is 5.92 Å². The van der Waals surface area contributed by atoms with Gasteiger partial charge in [0.15, 0.2) is 0 Å². The topological polar surface area (TPSA) is 15.3 Å². The van der Waals surface area contributed by atoms with Crippen LogP contribution in [0.25, 0.3) is 0 Å². The van der Waals surface area contributed by atoms with Crippen LogP contribution in [0.1, 0.15) is 70.9 Å². The molecule has 1 unspecified atom stereocenters. The molecule has 0 radical (unpaired) electrons. The molecular weight excluding hydrogens is 268 g/mol. The Morgan fingerprint density at radius 1 is 0.955 bits per heavy atom. The summed E-state index contributed by atoms with van der Waals surface area (Å²) in [6.07, 6.45) is 8.84. The molecule has 1 aromatic rings. The Bertz CT molecular complexity index is 392. The molecule has 0 fully saturated rings. The molecule has 1 rings (SSSR count). The summed E-state index contributed by atoms with van der Waals surface area (Å²) in [5.74, 6) is 0.869. The van der Waals surface area contributed by atoms with Crippen molar-refractivity contribution in [3.05, 3.63) is 29.3 Å². The average molecular weight is 305 g/mol. The molecular formula is C20H36N2. The van der Waals surface area contributed by atoms with Gasteiger partial charge >= 0.3 is 0 Å². The zero-order valence-corrected chi connectivity index (χ0v) is 15.4. The average Bonchev–Trinajstić information content (AvgIpc) is 2.57. The van der Waals surface area contributed by atoms with Gasteiger partial charge in [0.05, 0.1) is 5.69 Å². The summed E-state index contributed by atoms with van der Waals surface area (Å²) in [5, 5.41) is 2.20. The molecule has 0 aliphatic rings. The van der Waals surface area contributed by atoms with Crippen LogP contribution in [0.15, 0.2) is 18.2 Å². The van der Waals surface area contributed by atoms with Gasteiger partial charge in [-0.2, -0.15) is 0 Å². The smallest absolute Gasteiger partial charge is 0.0521 e. The van der Waals surface area contributed by atoms with E-state index in [4.69, 9.17) is 0 Å². The standard InChI is InChI=1S/C20H36N2/c1-6-10-11-17(7-2)12-13-21-22(5)20-15-18(8-3)14-19(9-4)16-20/h14-17,21H,6-13H2,1-5H3. The Labute approximate surface area is 138 Å². The SMILES string of the molecule is CCCCC(CC)CCNN(C)c1cc(CC)cc(CC)c1. The van der Waals surface area contributed by atoms with Gasteiger partial charge in [-0.05, 0) is 48.4 Å². The molecule has 2 nitrogen and oxygen atoms in total. The Kier molecular flexibility index (Phi) is 9.22. The highest BCUT2D eigenvalue weighted by atomic mass is 15.5. The minimum atomic E-state index is 0.869. The maximum Gasteiger partial charge on any atom is 0.0521 e. The molecule has 0 heterocycles. The summed E-state index contributed by atoms with van der Waals surface area (Å²) < 4.78 is 0. The largest absolute Gasteiger partial charge is 0.311 e. The first-order chi connectivity index (χ1) is 10.6. The number of benzene rings is 1. The lowest BCUT2D eigenvalue weighted by molar-refractivity contribution is 0.409. The summed E-state index contributed by atoms with van der Waals surface area (Å²) in [4.78, 5) is 0. The van der Waals surface area contributed by atoms with E-state index < -0.39 is 0 Å². The normalized spacial score (nSPS) is 12.4. The Morgan fingerprint density at radius 2 is 1.59 bits per heavy atom. The second-order valence-corrected chi connectivity index (χ2v) is 6.39. The molecule has 1 aromatic carbocycles. The van der Waals surface area contributed by atoms with E-state index in [-0.39, 0.29) is 0 Å². The van der Waals surface area contributed by atoms with Gasteiger partial charge in [-0.25, -0.2) is 5.43 Å². The first-order valence-electron chi connectivity index (χ1n) is 9.24. The first-order valence-corrected chi connectivity index (χ1v) is 9.24. The lowest BCUT2D eigenvalue weighted by atomic mass is 9.96. The Morgan fingerprint density at radius 3 is 2.09 bits per heavy atom. The van der Waals surface area contributed by atoms with Crippen LogP contribution in [0.3, 0.4) is 0 Å². The van der Waals surface area contributed by atoms with Crippen molar-refractivity contribution in [3.8, 4) is 0 Å². The molecule has 126 valence electrons. The number of hydrogen-bond donors (Lipinski definition) is 1. The van der Waals surface area contributed by atoms with Gasteiger partial charge in [-0.3, -0.25) is 0 Å². The Hall–Kier alpha value is -1.02. The molecule has 1 N–H and O–H groups in total. The first kappa shape index (κ1) is 19.0. The van der Waals surface area contributed by atoms with Crippen LogP contribution in [0.5, 0.6) is 0 Å². The van der Waals surface area contributed by atoms with E-state index >= 15 is 0 Å². The molecule has 1 atom stereocenters. The van der Waals surface area contributed by atoms with Crippen molar-refractivity contribution in [2.75, 3.05) is 18.6 Å². The molecule has 0 aliphatic carbocycles. The van der Waals surface area contributed by atoms with Crippen LogP contribution >= 0.6 is 0 Å². The third kappa shape index (κ3) is 6.39. The van der Waals surface area contributed by atoms with Gasteiger partial charge in [0.1, 0.15) is 0 Å². The molecule has 0 aliphatic heterocycles. The number of unbranched alkanes of at least 4 members (excludes halogenated alkanes) is 1. The number of aryl methyl sites for hydroxylation is 2. The summed E-state index contributed by atoms with van der Waals surface area (Å²) in [7, 11) is 2.14. The third-order valence-corrected chi connectivity index (χ3v) is 4.69. The zero-order chi connectivity index (χ0) is 16.4. The van der Waals surface area contributed by atoms with Gasteiger partial charge < -0.3 is 5.01 Å². The summed E-state index contributed by atoms with van der Waals surface area (Å²) in [6, 6.07) is 6.94. The van der Waals surface area contributed by atoms with Crippen molar-refractivity contribution >= 4 is 5.69 Å². The van der Waals surface area contributed by atoms with E-state index in [1.54, 1.807) is 0 Å². The van der Waals surface area contributed by atoms with Gasteiger partial charge in [0, 0.05) is 13.6 Å². The highest BCUT2D eigenvalue weighted by Crippen LogP contribution is 2.19.